The van der Waals surface area contributed by atoms with E-state index in [-0.39, 0.29) is 21.7 Å². The van der Waals surface area contributed by atoms with Crippen LogP contribution in [0.4, 0.5) is 0 Å². The number of aryl methyl sites for hydroxylation is 2. The molecule has 202 valence electrons. The predicted molar refractivity (Wildman–Crippen MR) is 157 cm³/mol. The smallest absolute Gasteiger partial charge is 0.123 e. The number of hydrogen-bond donors (Lipinski definition) is 2. The van der Waals surface area contributed by atoms with E-state index in [0.717, 1.165) is 47.9 Å². The van der Waals surface area contributed by atoms with Crippen molar-refractivity contribution in [3.05, 3.63) is 57.6 Å². The highest BCUT2D eigenvalue weighted by Gasteiger charge is 2.28. The molecule has 0 atom stereocenters. The molecule has 0 aliphatic rings. The van der Waals surface area contributed by atoms with Gasteiger partial charge >= 0.3 is 0 Å². The molecule has 0 heterocycles. The molecule has 36 heavy (non-hydrogen) atoms. The standard InChI is InChI=1S/C34H54O2/c1-31(2,3)25-20-19-24(28(30(25)36)34(10,11)12)18-16-14-13-15-17-23-21-26(32(4,5)6)29(35)27(22-23)33(7,8)9/h19-22,35-36H,13-18H2,1-12H3. The van der Waals surface area contributed by atoms with Crippen LogP contribution in [0.15, 0.2) is 24.3 Å². The topological polar surface area (TPSA) is 40.5 Å². The van der Waals surface area contributed by atoms with Crippen LogP contribution in [0, 0.1) is 0 Å². The largest absolute Gasteiger partial charge is 0.507 e. The summed E-state index contributed by atoms with van der Waals surface area (Å²) in [4.78, 5) is 0. The summed E-state index contributed by atoms with van der Waals surface area (Å²) < 4.78 is 0. The van der Waals surface area contributed by atoms with E-state index < -0.39 is 0 Å². The average molecular weight is 495 g/mol. The summed E-state index contributed by atoms with van der Waals surface area (Å²) in [6, 6.07) is 8.82. The van der Waals surface area contributed by atoms with Crippen molar-refractivity contribution in [3.8, 4) is 11.5 Å². The predicted octanol–water partition coefficient (Wildman–Crippen LogP) is 9.63. The molecule has 2 N–H and O–H groups in total. The Kier molecular flexibility index (Phi) is 9.08. The molecule has 0 saturated carbocycles. The number of aromatic hydroxyl groups is 2. The third kappa shape index (κ3) is 7.53. The zero-order valence-electron chi connectivity index (χ0n) is 25.4. The molecule has 0 aliphatic heterocycles. The van der Waals surface area contributed by atoms with Crippen LogP contribution >= 0.6 is 0 Å². The van der Waals surface area contributed by atoms with E-state index in [0.29, 0.717) is 11.5 Å². The maximum atomic E-state index is 11.2. The first kappa shape index (κ1) is 30.3. The molecule has 2 aromatic carbocycles. The van der Waals surface area contributed by atoms with Gasteiger partial charge in [-0.15, -0.1) is 0 Å². The summed E-state index contributed by atoms with van der Waals surface area (Å²) in [5, 5.41) is 22.1. The van der Waals surface area contributed by atoms with Gasteiger partial charge in [0, 0.05) is 5.56 Å². The lowest BCUT2D eigenvalue weighted by Gasteiger charge is -2.29. The summed E-state index contributed by atoms with van der Waals surface area (Å²) in [5.41, 5.74) is 6.55. The average Bonchev–Trinajstić information content (AvgIpc) is 2.67. The van der Waals surface area contributed by atoms with E-state index in [1.807, 2.05) is 0 Å². The van der Waals surface area contributed by atoms with E-state index >= 15 is 0 Å². The van der Waals surface area contributed by atoms with Crippen molar-refractivity contribution in [1.82, 2.24) is 0 Å². The number of phenols is 2. The minimum absolute atomic E-state index is 0.0729. The molecule has 2 rings (SSSR count). The van der Waals surface area contributed by atoms with Crippen LogP contribution in [0.1, 0.15) is 142 Å². The molecular formula is C34H54O2. The van der Waals surface area contributed by atoms with Crippen molar-refractivity contribution in [1.29, 1.82) is 0 Å². The van der Waals surface area contributed by atoms with E-state index in [4.69, 9.17) is 0 Å². The monoisotopic (exact) mass is 494 g/mol. The third-order valence-electron chi connectivity index (χ3n) is 7.27. The van der Waals surface area contributed by atoms with Gasteiger partial charge in [0.15, 0.2) is 0 Å². The number of benzene rings is 2. The van der Waals surface area contributed by atoms with Crippen LogP contribution in [-0.2, 0) is 34.5 Å². The number of rotatable bonds is 7. The van der Waals surface area contributed by atoms with E-state index in [2.05, 4.69) is 107 Å². The summed E-state index contributed by atoms with van der Waals surface area (Å²) >= 11 is 0. The van der Waals surface area contributed by atoms with E-state index in [9.17, 15) is 10.2 Å². The van der Waals surface area contributed by atoms with Crippen molar-refractivity contribution in [2.45, 2.75) is 143 Å². The highest BCUT2D eigenvalue weighted by Crippen LogP contribution is 2.42. The molecule has 2 nitrogen and oxygen atoms in total. The Morgan fingerprint density at radius 1 is 0.500 bits per heavy atom. The summed E-state index contributed by atoms with van der Waals surface area (Å²) in [6.07, 6.45) is 6.70. The molecular weight excluding hydrogens is 440 g/mol. The van der Waals surface area contributed by atoms with Gasteiger partial charge in [0.05, 0.1) is 0 Å². The SMILES string of the molecule is CC(C)(C)c1cc(CCCCCCc2ccc(C(C)(C)C)c(O)c2C(C)(C)C)cc(C(C)(C)C)c1O. The fourth-order valence-corrected chi connectivity index (χ4v) is 5.26. The number of hydrogen-bond acceptors (Lipinski definition) is 2. The minimum Gasteiger partial charge on any atom is -0.507 e. The zero-order valence-corrected chi connectivity index (χ0v) is 25.4. The molecule has 0 fully saturated rings. The molecule has 2 aromatic rings. The minimum atomic E-state index is -0.0882. The van der Waals surface area contributed by atoms with Crippen LogP contribution in [0.3, 0.4) is 0 Å². The second-order valence-electron chi connectivity index (χ2n) is 14.9. The van der Waals surface area contributed by atoms with Crippen molar-refractivity contribution in [2.24, 2.45) is 0 Å². The van der Waals surface area contributed by atoms with Crippen LogP contribution in [0.5, 0.6) is 11.5 Å². The van der Waals surface area contributed by atoms with Gasteiger partial charge < -0.3 is 10.2 Å². The van der Waals surface area contributed by atoms with E-state index in [1.54, 1.807) is 0 Å². The van der Waals surface area contributed by atoms with Crippen LogP contribution in [0.25, 0.3) is 0 Å². The van der Waals surface area contributed by atoms with Crippen LogP contribution < -0.4 is 0 Å². The van der Waals surface area contributed by atoms with Gasteiger partial charge in [-0.3, -0.25) is 0 Å². The van der Waals surface area contributed by atoms with Gasteiger partial charge in [-0.2, -0.15) is 0 Å². The van der Waals surface area contributed by atoms with Crippen molar-refractivity contribution >= 4 is 0 Å². The Bertz CT molecular complexity index is 996. The van der Waals surface area contributed by atoms with Gasteiger partial charge in [-0.1, -0.05) is 120 Å². The molecule has 0 unspecified atom stereocenters. The molecule has 0 radical (unpaired) electrons. The summed E-state index contributed by atoms with van der Waals surface area (Å²) in [5.74, 6) is 0.957. The molecule has 0 spiro atoms. The first-order valence-corrected chi connectivity index (χ1v) is 14.0. The van der Waals surface area contributed by atoms with E-state index in [1.165, 1.54) is 24.0 Å². The number of unbranched alkanes of at least 4 members (excludes halogenated alkanes) is 3. The summed E-state index contributed by atoms with van der Waals surface area (Å²) in [7, 11) is 0. The molecule has 2 heteroatoms. The Hall–Kier alpha value is -1.96. The molecule has 0 aromatic heterocycles. The third-order valence-corrected chi connectivity index (χ3v) is 7.27. The lowest BCUT2D eigenvalue weighted by Crippen LogP contribution is -2.19. The Morgan fingerprint density at radius 3 is 1.36 bits per heavy atom. The van der Waals surface area contributed by atoms with Crippen molar-refractivity contribution < 1.29 is 10.2 Å². The first-order chi connectivity index (χ1) is 16.2. The quantitative estimate of drug-likeness (QED) is 0.376. The Balaban J connectivity index is 2.07. The number of phenolic OH excluding ortho intramolecular Hbond substituents is 2. The molecule has 0 amide bonds. The fraction of sp³-hybridized carbons (Fsp3) is 0.647. The van der Waals surface area contributed by atoms with Gasteiger partial charge in [0.2, 0.25) is 0 Å². The molecule has 0 bridgehead atoms. The van der Waals surface area contributed by atoms with Gasteiger partial charge in [-0.25, -0.2) is 0 Å². The fourth-order valence-electron chi connectivity index (χ4n) is 5.26. The van der Waals surface area contributed by atoms with Gasteiger partial charge in [-0.05, 0) is 75.2 Å². The summed E-state index contributed by atoms with van der Waals surface area (Å²) in [6.45, 7) is 26.2. The molecule has 0 saturated heterocycles. The van der Waals surface area contributed by atoms with Crippen molar-refractivity contribution in [2.75, 3.05) is 0 Å². The molecule has 0 aliphatic carbocycles. The lowest BCUT2D eigenvalue weighted by molar-refractivity contribution is 0.420. The van der Waals surface area contributed by atoms with Crippen molar-refractivity contribution in [3.63, 3.8) is 0 Å². The maximum Gasteiger partial charge on any atom is 0.123 e. The lowest BCUT2D eigenvalue weighted by atomic mass is 9.76. The highest BCUT2D eigenvalue weighted by atomic mass is 16.3. The van der Waals surface area contributed by atoms with Crippen LogP contribution in [0.2, 0.25) is 0 Å². The second-order valence-corrected chi connectivity index (χ2v) is 14.9. The Labute approximate surface area is 222 Å². The Morgan fingerprint density at radius 2 is 0.944 bits per heavy atom. The van der Waals surface area contributed by atoms with Gasteiger partial charge in [0.25, 0.3) is 0 Å². The highest BCUT2D eigenvalue weighted by molar-refractivity contribution is 5.52. The zero-order chi connectivity index (χ0) is 27.7. The normalized spacial score (nSPS) is 13.3. The maximum absolute atomic E-state index is 11.2. The van der Waals surface area contributed by atoms with Gasteiger partial charge in [0.1, 0.15) is 11.5 Å². The van der Waals surface area contributed by atoms with Crippen LogP contribution in [-0.4, -0.2) is 10.2 Å². The first-order valence-electron chi connectivity index (χ1n) is 14.0. The second kappa shape index (κ2) is 10.8.